The van der Waals surface area contributed by atoms with Crippen LogP contribution in [-0.4, -0.2) is 41.9 Å². The summed E-state index contributed by atoms with van der Waals surface area (Å²) in [5, 5.41) is 5.43. The first-order valence-electron chi connectivity index (χ1n) is 7.87. The quantitative estimate of drug-likeness (QED) is 0.739. The largest absolute Gasteiger partial charge is 0.497 e. The number of carbonyl (C=O) groups excluding carboxylic acids is 3. The standard InChI is InChI=1S/C17H23N3O4/c1-17(2)15(22)20(16(23)19-17)9-5-8-14(21)18-11-12-6-4-7-13(10-12)24-3/h4,6-7,10H,5,8-9,11H2,1-3H3,(H,18,21)(H,19,23). The molecule has 1 heterocycles. The zero-order valence-electron chi connectivity index (χ0n) is 14.2. The van der Waals surface area contributed by atoms with Crippen molar-refractivity contribution in [3.05, 3.63) is 29.8 Å². The first-order chi connectivity index (χ1) is 11.3. The van der Waals surface area contributed by atoms with Crippen molar-refractivity contribution in [2.24, 2.45) is 0 Å². The molecule has 1 saturated heterocycles. The third kappa shape index (κ3) is 4.24. The van der Waals surface area contributed by atoms with Gasteiger partial charge in [-0.2, -0.15) is 0 Å². The second kappa shape index (κ2) is 7.33. The third-order valence-electron chi connectivity index (χ3n) is 3.85. The molecule has 0 saturated carbocycles. The molecule has 0 aliphatic carbocycles. The van der Waals surface area contributed by atoms with Crippen LogP contribution in [0.15, 0.2) is 24.3 Å². The van der Waals surface area contributed by atoms with Crippen molar-refractivity contribution < 1.29 is 19.1 Å². The van der Waals surface area contributed by atoms with Gasteiger partial charge in [0, 0.05) is 19.5 Å². The third-order valence-corrected chi connectivity index (χ3v) is 3.85. The summed E-state index contributed by atoms with van der Waals surface area (Å²) >= 11 is 0. The van der Waals surface area contributed by atoms with Crippen LogP contribution in [0, 0.1) is 0 Å². The number of benzene rings is 1. The monoisotopic (exact) mass is 333 g/mol. The number of nitrogens with zero attached hydrogens (tertiary/aromatic N) is 1. The summed E-state index contributed by atoms with van der Waals surface area (Å²) < 4.78 is 5.13. The number of rotatable bonds is 7. The van der Waals surface area contributed by atoms with E-state index in [0.717, 1.165) is 16.2 Å². The number of carbonyl (C=O) groups is 3. The van der Waals surface area contributed by atoms with Crippen LogP contribution in [0.25, 0.3) is 0 Å². The Morgan fingerprint density at radius 2 is 2.08 bits per heavy atom. The maximum Gasteiger partial charge on any atom is 0.325 e. The summed E-state index contributed by atoms with van der Waals surface area (Å²) in [5.74, 6) is 0.358. The molecule has 7 heteroatoms. The molecule has 130 valence electrons. The van der Waals surface area contributed by atoms with Gasteiger partial charge in [0.2, 0.25) is 5.91 Å². The maximum atomic E-state index is 12.0. The number of hydrogen-bond donors (Lipinski definition) is 2. The predicted molar refractivity (Wildman–Crippen MR) is 88.4 cm³/mol. The molecule has 1 aromatic carbocycles. The van der Waals surface area contributed by atoms with Gasteiger partial charge in [-0.25, -0.2) is 4.79 Å². The summed E-state index contributed by atoms with van der Waals surface area (Å²) in [7, 11) is 1.59. The molecule has 1 aliphatic rings. The van der Waals surface area contributed by atoms with Crippen LogP contribution in [0.5, 0.6) is 5.75 Å². The van der Waals surface area contributed by atoms with Crippen LogP contribution < -0.4 is 15.4 Å². The lowest BCUT2D eigenvalue weighted by atomic mass is 10.1. The number of amides is 4. The maximum absolute atomic E-state index is 12.0. The highest BCUT2D eigenvalue weighted by atomic mass is 16.5. The lowest BCUT2D eigenvalue weighted by Gasteiger charge is -2.15. The fourth-order valence-electron chi connectivity index (χ4n) is 2.49. The molecule has 0 spiro atoms. The van der Waals surface area contributed by atoms with Gasteiger partial charge in [0.1, 0.15) is 11.3 Å². The van der Waals surface area contributed by atoms with E-state index in [4.69, 9.17) is 4.74 Å². The Morgan fingerprint density at radius 3 is 2.71 bits per heavy atom. The van der Waals surface area contributed by atoms with E-state index in [1.54, 1.807) is 21.0 Å². The van der Waals surface area contributed by atoms with Gasteiger partial charge >= 0.3 is 6.03 Å². The topological polar surface area (TPSA) is 87.7 Å². The Bertz CT molecular complexity index is 642. The van der Waals surface area contributed by atoms with E-state index in [-0.39, 0.29) is 24.8 Å². The van der Waals surface area contributed by atoms with E-state index in [9.17, 15) is 14.4 Å². The van der Waals surface area contributed by atoms with Gasteiger partial charge in [-0.05, 0) is 38.0 Å². The molecular weight excluding hydrogens is 310 g/mol. The SMILES string of the molecule is COc1cccc(CNC(=O)CCCN2C(=O)NC(C)(C)C2=O)c1. The highest BCUT2D eigenvalue weighted by Gasteiger charge is 2.43. The molecule has 0 unspecified atom stereocenters. The van der Waals surface area contributed by atoms with Crippen LogP contribution in [0.4, 0.5) is 4.79 Å². The second-order valence-electron chi connectivity index (χ2n) is 6.24. The molecule has 0 bridgehead atoms. The van der Waals surface area contributed by atoms with Crippen molar-refractivity contribution in [3.8, 4) is 5.75 Å². The molecule has 0 atom stereocenters. The van der Waals surface area contributed by atoms with Crippen molar-refractivity contribution in [2.45, 2.75) is 38.8 Å². The zero-order valence-corrected chi connectivity index (χ0v) is 14.2. The van der Waals surface area contributed by atoms with Gasteiger partial charge in [0.15, 0.2) is 0 Å². The Morgan fingerprint density at radius 1 is 1.33 bits per heavy atom. The molecular formula is C17H23N3O4. The number of imide groups is 1. The van der Waals surface area contributed by atoms with Gasteiger partial charge in [-0.3, -0.25) is 14.5 Å². The number of urea groups is 1. The molecule has 2 rings (SSSR count). The normalized spacial score (nSPS) is 16.0. The van der Waals surface area contributed by atoms with Crippen molar-refractivity contribution in [1.29, 1.82) is 0 Å². The van der Waals surface area contributed by atoms with Crippen LogP contribution in [-0.2, 0) is 16.1 Å². The number of hydrogen-bond acceptors (Lipinski definition) is 4. The lowest BCUT2D eigenvalue weighted by molar-refractivity contribution is -0.130. The fraction of sp³-hybridized carbons (Fsp3) is 0.471. The second-order valence-corrected chi connectivity index (χ2v) is 6.24. The average Bonchev–Trinajstić information content (AvgIpc) is 2.74. The average molecular weight is 333 g/mol. The van der Waals surface area contributed by atoms with Crippen molar-refractivity contribution >= 4 is 17.8 Å². The van der Waals surface area contributed by atoms with E-state index >= 15 is 0 Å². The Balaban J connectivity index is 1.74. The fourth-order valence-corrected chi connectivity index (χ4v) is 2.49. The van der Waals surface area contributed by atoms with Gasteiger partial charge in [0.05, 0.1) is 7.11 Å². The first kappa shape index (κ1) is 17.8. The van der Waals surface area contributed by atoms with Crippen LogP contribution >= 0.6 is 0 Å². The summed E-state index contributed by atoms with van der Waals surface area (Å²) in [6.45, 7) is 3.97. The Kier molecular flexibility index (Phi) is 5.43. The smallest absolute Gasteiger partial charge is 0.325 e. The number of ether oxygens (including phenoxy) is 1. The van der Waals surface area contributed by atoms with Gasteiger partial charge < -0.3 is 15.4 Å². The van der Waals surface area contributed by atoms with E-state index in [0.29, 0.717) is 13.0 Å². The van der Waals surface area contributed by atoms with Crippen molar-refractivity contribution in [3.63, 3.8) is 0 Å². The molecule has 1 aliphatic heterocycles. The summed E-state index contributed by atoms with van der Waals surface area (Å²) in [6, 6.07) is 7.06. The van der Waals surface area contributed by atoms with E-state index in [1.165, 1.54) is 0 Å². The lowest BCUT2D eigenvalue weighted by Crippen LogP contribution is -2.40. The van der Waals surface area contributed by atoms with E-state index in [2.05, 4.69) is 10.6 Å². The Labute approximate surface area is 141 Å². The molecule has 0 aromatic heterocycles. The number of methoxy groups -OCH3 is 1. The highest BCUT2D eigenvalue weighted by molar-refractivity contribution is 6.06. The molecule has 24 heavy (non-hydrogen) atoms. The van der Waals surface area contributed by atoms with Gasteiger partial charge in [0.25, 0.3) is 5.91 Å². The summed E-state index contributed by atoms with van der Waals surface area (Å²) in [5.41, 5.74) is 0.0738. The van der Waals surface area contributed by atoms with Crippen LogP contribution in [0.2, 0.25) is 0 Å². The Hall–Kier alpha value is -2.57. The van der Waals surface area contributed by atoms with E-state index in [1.807, 2.05) is 24.3 Å². The minimum Gasteiger partial charge on any atom is -0.497 e. The van der Waals surface area contributed by atoms with E-state index < -0.39 is 11.6 Å². The van der Waals surface area contributed by atoms with Gasteiger partial charge in [-0.1, -0.05) is 12.1 Å². The van der Waals surface area contributed by atoms with Crippen LogP contribution in [0.1, 0.15) is 32.3 Å². The predicted octanol–water partition coefficient (Wildman–Crippen LogP) is 1.42. The van der Waals surface area contributed by atoms with Crippen LogP contribution in [0.3, 0.4) is 0 Å². The minimum atomic E-state index is -0.869. The first-order valence-corrected chi connectivity index (χ1v) is 7.87. The molecule has 1 fully saturated rings. The van der Waals surface area contributed by atoms with Gasteiger partial charge in [-0.15, -0.1) is 0 Å². The molecule has 1 aromatic rings. The van der Waals surface area contributed by atoms with Crippen molar-refractivity contribution in [2.75, 3.05) is 13.7 Å². The zero-order chi connectivity index (χ0) is 17.7. The molecule has 7 nitrogen and oxygen atoms in total. The highest BCUT2D eigenvalue weighted by Crippen LogP contribution is 2.17. The molecule has 2 N–H and O–H groups in total. The summed E-state index contributed by atoms with van der Waals surface area (Å²) in [6.07, 6.45) is 0.681. The number of nitrogens with one attached hydrogen (secondary N) is 2. The molecule has 0 radical (unpaired) electrons. The summed E-state index contributed by atoms with van der Waals surface area (Å²) in [4.78, 5) is 36.8. The molecule has 4 amide bonds. The van der Waals surface area contributed by atoms with Crippen molar-refractivity contribution in [1.82, 2.24) is 15.5 Å². The minimum absolute atomic E-state index is 0.121.